The Morgan fingerprint density at radius 3 is 2.64 bits per heavy atom. The van der Waals surface area contributed by atoms with Crippen LogP contribution in [0.1, 0.15) is 18.5 Å². The highest BCUT2D eigenvalue weighted by molar-refractivity contribution is 6.30. The Hall–Kier alpha value is -2.79. The van der Waals surface area contributed by atoms with E-state index in [1.807, 2.05) is 60.0 Å². The molecule has 0 radical (unpaired) electrons. The number of anilines is 1. The van der Waals surface area contributed by atoms with Crippen LogP contribution in [0, 0.1) is 0 Å². The number of aromatic nitrogens is 2. The molecule has 1 N–H and O–H groups in total. The van der Waals surface area contributed by atoms with Gasteiger partial charge in [-0.2, -0.15) is 0 Å². The molecule has 4 rings (SSSR count). The molecule has 0 aliphatic carbocycles. The van der Waals surface area contributed by atoms with E-state index >= 15 is 0 Å². The van der Waals surface area contributed by atoms with Crippen molar-refractivity contribution in [1.82, 2.24) is 9.55 Å². The van der Waals surface area contributed by atoms with Gasteiger partial charge in [0.1, 0.15) is 0 Å². The van der Waals surface area contributed by atoms with Gasteiger partial charge in [0.25, 0.3) is 0 Å². The lowest BCUT2D eigenvalue weighted by Crippen LogP contribution is -2.28. The number of hydrogen-bond donors (Lipinski definition) is 1. The molecule has 126 valence electrons. The molecule has 1 unspecified atom stereocenters. The molecule has 1 aliphatic heterocycles. The topological polar surface area (TPSA) is 56.1 Å². The predicted octanol–water partition coefficient (Wildman–Crippen LogP) is 4.15. The Labute approximate surface area is 149 Å². The Balaban J connectivity index is 2.01. The SMILES string of the molecule is COC(=O)C1=C(C)Nc2nc3ccccc3n2C1c1ccc(Cl)cc1. The van der Waals surface area contributed by atoms with Gasteiger partial charge in [0, 0.05) is 10.7 Å². The number of methoxy groups -OCH3 is 1. The lowest BCUT2D eigenvalue weighted by atomic mass is 9.95. The third kappa shape index (κ3) is 2.48. The number of imidazole rings is 1. The van der Waals surface area contributed by atoms with E-state index in [4.69, 9.17) is 16.3 Å². The van der Waals surface area contributed by atoms with Gasteiger partial charge in [-0.15, -0.1) is 0 Å². The van der Waals surface area contributed by atoms with Gasteiger partial charge in [-0.05, 0) is 36.8 Å². The zero-order chi connectivity index (χ0) is 17.6. The summed E-state index contributed by atoms with van der Waals surface area (Å²) in [6.07, 6.45) is 0. The Morgan fingerprint density at radius 1 is 1.20 bits per heavy atom. The van der Waals surface area contributed by atoms with E-state index in [1.54, 1.807) is 0 Å². The first kappa shape index (κ1) is 15.7. The largest absolute Gasteiger partial charge is 0.466 e. The molecule has 0 amide bonds. The van der Waals surface area contributed by atoms with E-state index in [-0.39, 0.29) is 12.0 Å². The molecule has 1 aliphatic rings. The number of fused-ring (bicyclic) bond motifs is 3. The van der Waals surface area contributed by atoms with Crippen LogP contribution in [0.3, 0.4) is 0 Å². The molecule has 1 atom stereocenters. The zero-order valence-electron chi connectivity index (χ0n) is 13.8. The van der Waals surface area contributed by atoms with Gasteiger partial charge in [-0.3, -0.25) is 4.57 Å². The number of nitrogens with zero attached hydrogens (tertiary/aromatic N) is 2. The van der Waals surface area contributed by atoms with Gasteiger partial charge >= 0.3 is 5.97 Å². The molecule has 1 aromatic heterocycles. The maximum absolute atomic E-state index is 12.5. The van der Waals surface area contributed by atoms with E-state index in [0.717, 1.165) is 22.3 Å². The number of hydrogen-bond acceptors (Lipinski definition) is 4. The number of esters is 1. The molecule has 5 nitrogen and oxygen atoms in total. The molecule has 0 saturated heterocycles. The minimum absolute atomic E-state index is 0.339. The number of rotatable bonds is 2. The van der Waals surface area contributed by atoms with Gasteiger partial charge < -0.3 is 10.1 Å². The minimum atomic E-state index is -0.367. The summed E-state index contributed by atoms with van der Waals surface area (Å²) in [4.78, 5) is 17.2. The van der Waals surface area contributed by atoms with Crippen LogP contribution in [0.2, 0.25) is 5.02 Å². The van der Waals surface area contributed by atoms with Crippen LogP contribution in [0.5, 0.6) is 0 Å². The average Bonchev–Trinajstić information content (AvgIpc) is 2.98. The van der Waals surface area contributed by atoms with Gasteiger partial charge in [-0.1, -0.05) is 35.9 Å². The quantitative estimate of drug-likeness (QED) is 0.703. The van der Waals surface area contributed by atoms with Crippen molar-refractivity contribution in [3.05, 3.63) is 70.4 Å². The van der Waals surface area contributed by atoms with Crippen molar-refractivity contribution in [2.24, 2.45) is 0 Å². The highest BCUT2D eigenvalue weighted by Gasteiger charge is 2.34. The summed E-state index contributed by atoms with van der Waals surface area (Å²) in [6.45, 7) is 1.86. The van der Waals surface area contributed by atoms with Crippen LogP contribution in [0.15, 0.2) is 59.8 Å². The Morgan fingerprint density at radius 2 is 1.92 bits per heavy atom. The fourth-order valence-corrected chi connectivity index (χ4v) is 3.42. The number of ether oxygens (including phenoxy) is 1. The van der Waals surface area contributed by atoms with Crippen LogP contribution < -0.4 is 5.32 Å². The third-order valence-corrected chi connectivity index (χ3v) is 4.67. The molecule has 0 fully saturated rings. The average molecular weight is 354 g/mol. The molecule has 2 heterocycles. The van der Waals surface area contributed by atoms with Crippen molar-refractivity contribution >= 4 is 34.6 Å². The maximum Gasteiger partial charge on any atom is 0.337 e. The summed E-state index contributed by atoms with van der Waals surface area (Å²) in [5, 5.41) is 3.88. The highest BCUT2D eigenvalue weighted by atomic mass is 35.5. The summed E-state index contributed by atoms with van der Waals surface area (Å²) in [5.41, 5.74) is 4.03. The van der Waals surface area contributed by atoms with Crippen molar-refractivity contribution in [3.63, 3.8) is 0 Å². The van der Waals surface area contributed by atoms with Crippen molar-refractivity contribution in [2.45, 2.75) is 13.0 Å². The second-order valence-electron chi connectivity index (χ2n) is 5.90. The summed E-state index contributed by atoms with van der Waals surface area (Å²) in [5.74, 6) is 0.333. The van der Waals surface area contributed by atoms with Crippen LogP contribution in [-0.4, -0.2) is 22.6 Å². The Kier molecular flexibility index (Phi) is 3.73. The van der Waals surface area contributed by atoms with Crippen LogP contribution in [-0.2, 0) is 9.53 Å². The number of carbonyl (C=O) groups excluding carboxylic acids is 1. The first-order valence-corrected chi connectivity index (χ1v) is 8.26. The van der Waals surface area contributed by atoms with Gasteiger partial charge in [0.15, 0.2) is 0 Å². The molecule has 6 heteroatoms. The second kappa shape index (κ2) is 5.93. The molecule has 0 spiro atoms. The summed E-state index contributed by atoms with van der Waals surface area (Å²) >= 11 is 6.04. The molecule has 3 aromatic rings. The first-order valence-electron chi connectivity index (χ1n) is 7.88. The van der Waals surface area contributed by atoms with Gasteiger partial charge in [-0.25, -0.2) is 9.78 Å². The van der Waals surface area contributed by atoms with Crippen molar-refractivity contribution in [3.8, 4) is 0 Å². The van der Waals surface area contributed by atoms with Crippen molar-refractivity contribution in [1.29, 1.82) is 0 Å². The van der Waals surface area contributed by atoms with Crippen LogP contribution >= 0.6 is 11.6 Å². The van der Waals surface area contributed by atoms with E-state index in [2.05, 4.69) is 10.3 Å². The van der Waals surface area contributed by atoms with E-state index < -0.39 is 0 Å². The molecule has 0 bridgehead atoms. The van der Waals surface area contributed by atoms with E-state index in [9.17, 15) is 4.79 Å². The molecule has 2 aromatic carbocycles. The fraction of sp³-hybridized carbons (Fsp3) is 0.158. The number of halogens is 1. The molecular weight excluding hydrogens is 338 g/mol. The van der Waals surface area contributed by atoms with Crippen molar-refractivity contribution < 1.29 is 9.53 Å². The van der Waals surface area contributed by atoms with Gasteiger partial charge in [0.05, 0.1) is 29.8 Å². The number of allylic oxidation sites excluding steroid dienone is 1. The van der Waals surface area contributed by atoms with E-state index in [0.29, 0.717) is 16.5 Å². The molecule has 25 heavy (non-hydrogen) atoms. The first-order chi connectivity index (χ1) is 12.1. The molecule has 0 saturated carbocycles. The van der Waals surface area contributed by atoms with Crippen LogP contribution in [0.25, 0.3) is 11.0 Å². The fourth-order valence-electron chi connectivity index (χ4n) is 3.30. The second-order valence-corrected chi connectivity index (χ2v) is 6.34. The summed E-state index contributed by atoms with van der Waals surface area (Å²) < 4.78 is 7.07. The van der Waals surface area contributed by atoms with Gasteiger partial charge in [0.2, 0.25) is 5.95 Å². The number of carbonyl (C=O) groups is 1. The number of para-hydroxylation sites is 2. The number of nitrogens with one attached hydrogen (secondary N) is 1. The summed E-state index contributed by atoms with van der Waals surface area (Å²) in [6, 6.07) is 15.0. The third-order valence-electron chi connectivity index (χ3n) is 4.42. The smallest absolute Gasteiger partial charge is 0.337 e. The normalized spacial score (nSPS) is 16.5. The minimum Gasteiger partial charge on any atom is -0.466 e. The van der Waals surface area contributed by atoms with E-state index in [1.165, 1.54) is 7.11 Å². The monoisotopic (exact) mass is 353 g/mol. The maximum atomic E-state index is 12.5. The predicted molar refractivity (Wildman–Crippen MR) is 97.7 cm³/mol. The Bertz CT molecular complexity index is 1010. The highest BCUT2D eigenvalue weighted by Crippen LogP contribution is 2.39. The van der Waals surface area contributed by atoms with Crippen molar-refractivity contribution in [2.75, 3.05) is 12.4 Å². The standard InChI is InChI=1S/C19H16ClN3O2/c1-11-16(18(24)25-2)17(12-7-9-13(20)10-8-12)23-15-6-4-3-5-14(15)22-19(23)21-11/h3-10,17H,1-2H3,(H,21,22). The lowest BCUT2D eigenvalue weighted by molar-refractivity contribution is -0.136. The molecular formula is C19H16ClN3O2. The zero-order valence-corrected chi connectivity index (χ0v) is 14.5. The lowest BCUT2D eigenvalue weighted by Gasteiger charge is -2.30. The summed E-state index contributed by atoms with van der Waals surface area (Å²) in [7, 11) is 1.39. The number of benzene rings is 2. The van der Waals surface area contributed by atoms with Crippen LogP contribution in [0.4, 0.5) is 5.95 Å².